The highest BCUT2D eigenvalue weighted by molar-refractivity contribution is 7.14. The molecule has 0 bridgehead atoms. The Balaban J connectivity index is 1.30. The lowest BCUT2D eigenvalue weighted by atomic mass is 9.82. The quantitative estimate of drug-likeness (QED) is 0.490. The van der Waals surface area contributed by atoms with Crippen molar-refractivity contribution in [1.82, 2.24) is 15.2 Å². The predicted octanol–water partition coefficient (Wildman–Crippen LogP) is 3.52. The van der Waals surface area contributed by atoms with Gasteiger partial charge in [0.25, 0.3) is 5.91 Å². The Hall–Kier alpha value is -3.27. The molecule has 0 radical (unpaired) electrons. The van der Waals surface area contributed by atoms with Gasteiger partial charge in [-0.1, -0.05) is 37.5 Å². The van der Waals surface area contributed by atoms with Crippen molar-refractivity contribution in [3.05, 3.63) is 41.4 Å². The summed E-state index contributed by atoms with van der Waals surface area (Å²) < 4.78 is 5.29. The van der Waals surface area contributed by atoms with Crippen LogP contribution in [0.4, 0.5) is 15.6 Å². The standard InChI is InChI=1S/C23H26N4O5S/c1-16(28)27(18-8-4-2-5-9-18)22-24-17(15-33-22)14-32-19(29)10-13-26-20(30)23(25-21(26)31)11-6-3-7-12-23/h2,4-5,8-9,15H,3,6-7,10-14H2,1H3,(H,25,31). The first kappa shape index (κ1) is 22.9. The summed E-state index contributed by atoms with van der Waals surface area (Å²) in [5.74, 6) is -0.945. The molecule has 2 fully saturated rings. The molecule has 10 heteroatoms. The molecule has 174 valence electrons. The molecule has 0 unspecified atom stereocenters. The number of amides is 4. The lowest BCUT2D eigenvalue weighted by molar-refractivity contribution is -0.145. The summed E-state index contributed by atoms with van der Waals surface area (Å²) in [5.41, 5.74) is 0.422. The van der Waals surface area contributed by atoms with Gasteiger partial charge in [0.05, 0.1) is 17.8 Å². The highest BCUT2D eigenvalue weighted by Gasteiger charge is 2.51. The van der Waals surface area contributed by atoms with Crippen molar-refractivity contribution < 1.29 is 23.9 Å². The summed E-state index contributed by atoms with van der Waals surface area (Å²) in [6.45, 7) is 1.39. The van der Waals surface area contributed by atoms with Gasteiger partial charge in [-0.25, -0.2) is 9.78 Å². The van der Waals surface area contributed by atoms with Crippen molar-refractivity contribution in [2.24, 2.45) is 0 Å². The Kier molecular flexibility index (Phi) is 6.73. The fourth-order valence-corrected chi connectivity index (χ4v) is 5.14. The van der Waals surface area contributed by atoms with E-state index in [1.807, 2.05) is 30.3 Å². The number of carbonyl (C=O) groups is 4. The van der Waals surface area contributed by atoms with Gasteiger partial charge < -0.3 is 10.1 Å². The van der Waals surface area contributed by atoms with E-state index in [0.29, 0.717) is 29.4 Å². The summed E-state index contributed by atoms with van der Waals surface area (Å²) >= 11 is 1.28. The Morgan fingerprint density at radius 1 is 1.18 bits per heavy atom. The third-order valence-electron chi connectivity index (χ3n) is 5.93. The molecule has 1 aliphatic heterocycles. The number of ether oxygens (including phenoxy) is 1. The second kappa shape index (κ2) is 9.70. The van der Waals surface area contributed by atoms with Gasteiger partial charge in [0, 0.05) is 18.8 Å². The highest BCUT2D eigenvalue weighted by Crippen LogP contribution is 2.33. The first-order valence-electron chi connectivity index (χ1n) is 11.0. The number of thiazole rings is 1. The summed E-state index contributed by atoms with van der Waals surface area (Å²) in [5, 5.41) is 5.04. The van der Waals surface area contributed by atoms with E-state index < -0.39 is 17.5 Å². The lowest BCUT2D eigenvalue weighted by Crippen LogP contribution is -2.48. The maximum Gasteiger partial charge on any atom is 0.325 e. The van der Waals surface area contributed by atoms with Crippen LogP contribution in [0.15, 0.2) is 35.7 Å². The SMILES string of the molecule is CC(=O)N(c1ccccc1)c1nc(COC(=O)CCN2C(=O)NC3(CCCCC3)C2=O)cs1. The molecule has 1 N–H and O–H groups in total. The van der Waals surface area contributed by atoms with Crippen LogP contribution in [0.25, 0.3) is 0 Å². The van der Waals surface area contributed by atoms with Crippen molar-refractivity contribution in [3.63, 3.8) is 0 Å². The average molecular weight is 471 g/mol. The molecule has 0 atom stereocenters. The maximum atomic E-state index is 12.8. The lowest BCUT2D eigenvalue weighted by Gasteiger charge is -2.30. The van der Waals surface area contributed by atoms with Gasteiger partial charge in [-0.3, -0.25) is 24.2 Å². The number of benzene rings is 1. The zero-order valence-electron chi connectivity index (χ0n) is 18.4. The molecule has 1 spiro atoms. The Morgan fingerprint density at radius 3 is 2.61 bits per heavy atom. The smallest absolute Gasteiger partial charge is 0.325 e. The average Bonchev–Trinajstić information content (AvgIpc) is 3.35. The summed E-state index contributed by atoms with van der Waals surface area (Å²) in [6.07, 6.45) is 4.07. The molecular weight excluding hydrogens is 444 g/mol. The molecular formula is C23H26N4O5S. The van der Waals surface area contributed by atoms with E-state index in [9.17, 15) is 19.2 Å². The van der Waals surface area contributed by atoms with Gasteiger partial charge in [0.2, 0.25) is 5.91 Å². The number of para-hydroxylation sites is 1. The van der Waals surface area contributed by atoms with Gasteiger partial charge in [-0.2, -0.15) is 0 Å². The minimum atomic E-state index is -0.794. The van der Waals surface area contributed by atoms with E-state index in [1.54, 1.807) is 5.38 Å². The second-order valence-electron chi connectivity index (χ2n) is 8.25. The zero-order valence-corrected chi connectivity index (χ0v) is 19.2. The molecule has 2 aliphatic rings. The van der Waals surface area contributed by atoms with Gasteiger partial charge in [0.1, 0.15) is 12.1 Å². The largest absolute Gasteiger partial charge is 0.459 e. The Morgan fingerprint density at radius 2 is 1.91 bits per heavy atom. The van der Waals surface area contributed by atoms with Crippen molar-refractivity contribution in [3.8, 4) is 0 Å². The highest BCUT2D eigenvalue weighted by atomic mass is 32.1. The number of nitrogens with one attached hydrogen (secondary N) is 1. The normalized spacial score (nSPS) is 17.2. The number of esters is 1. The van der Waals surface area contributed by atoms with Crippen molar-refractivity contribution in [1.29, 1.82) is 0 Å². The minimum Gasteiger partial charge on any atom is -0.459 e. The van der Waals surface area contributed by atoms with E-state index >= 15 is 0 Å². The topological polar surface area (TPSA) is 109 Å². The molecule has 2 aromatic rings. The van der Waals surface area contributed by atoms with E-state index in [2.05, 4.69) is 10.3 Å². The summed E-state index contributed by atoms with van der Waals surface area (Å²) in [6, 6.07) is 8.73. The monoisotopic (exact) mass is 470 g/mol. The van der Waals surface area contributed by atoms with Gasteiger partial charge >= 0.3 is 12.0 Å². The van der Waals surface area contributed by atoms with E-state index in [1.165, 1.54) is 23.2 Å². The second-order valence-corrected chi connectivity index (χ2v) is 9.09. The number of imide groups is 1. The van der Waals surface area contributed by atoms with Crippen molar-refractivity contribution >= 4 is 46.0 Å². The molecule has 1 aromatic carbocycles. The fourth-order valence-electron chi connectivity index (χ4n) is 4.27. The first-order chi connectivity index (χ1) is 15.9. The van der Waals surface area contributed by atoms with Crippen LogP contribution in [0.5, 0.6) is 0 Å². The third kappa shape index (κ3) is 4.90. The molecule has 33 heavy (non-hydrogen) atoms. The van der Waals surface area contributed by atoms with Crippen LogP contribution in [0.1, 0.15) is 51.1 Å². The van der Waals surface area contributed by atoms with Crippen LogP contribution in [0.2, 0.25) is 0 Å². The zero-order chi connectivity index (χ0) is 23.4. The predicted molar refractivity (Wildman–Crippen MR) is 122 cm³/mol. The van der Waals surface area contributed by atoms with Crippen LogP contribution in [0.3, 0.4) is 0 Å². The van der Waals surface area contributed by atoms with Gasteiger partial charge in [-0.05, 0) is 25.0 Å². The summed E-state index contributed by atoms with van der Waals surface area (Å²) in [7, 11) is 0. The van der Waals surface area contributed by atoms with Gasteiger partial charge in [-0.15, -0.1) is 11.3 Å². The molecule has 1 aliphatic carbocycles. The molecule has 1 saturated heterocycles. The number of carbonyl (C=O) groups excluding carboxylic acids is 4. The van der Waals surface area contributed by atoms with E-state index in [4.69, 9.17) is 4.74 Å². The number of hydrogen-bond acceptors (Lipinski definition) is 7. The van der Waals surface area contributed by atoms with Gasteiger partial charge in [0.15, 0.2) is 5.13 Å². The van der Waals surface area contributed by atoms with Crippen LogP contribution >= 0.6 is 11.3 Å². The van der Waals surface area contributed by atoms with Crippen LogP contribution in [0, 0.1) is 0 Å². The summed E-state index contributed by atoms with van der Waals surface area (Å²) in [4.78, 5) is 56.5. The Bertz CT molecular complexity index is 1050. The number of urea groups is 1. The van der Waals surface area contributed by atoms with Crippen molar-refractivity contribution in [2.75, 3.05) is 11.4 Å². The van der Waals surface area contributed by atoms with E-state index in [-0.39, 0.29) is 31.4 Å². The number of anilines is 2. The number of aromatic nitrogens is 1. The molecule has 9 nitrogen and oxygen atoms in total. The minimum absolute atomic E-state index is 0.0142. The molecule has 2 heterocycles. The molecule has 1 saturated carbocycles. The first-order valence-corrected chi connectivity index (χ1v) is 11.9. The molecule has 4 amide bonds. The van der Waals surface area contributed by atoms with Crippen LogP contribution in [-0.4, -0.2) is 45.8 Å². The Labute approximate surface area is 195 Å². The van der Waals surface area contributed by atoms with Crippen molar-refractivity contribution in [2.45, 2.75) is 57.6 Å². The number of rotatable bonds is 7. The third-order valence-corrected chi connectivity index (χ3v) is 6.81. The molecule has 1 aromatic heterocycles. The number of hydrogen-bond donors (Lipinski definition) is 1. The number of nitrogens with zero attached hydrogens (tertiary/aromatic N) is 3. The molecule has 4 rings (SSSR count). The van der Waals surface area contributed by atoms with Crippen LogP contribution in [-0.2, 0) is 25.7 Å². The van der Waals surface area contributed by atoms with Crippen LogP contribution < -0.4 is 10.2 Å². The maximum absolute atomic E-state index is 12.8. The van der Waals surface area contributed by atoms with E-state index in [0.717, 1.165) is 24.2 Å². The fraction of sp³-hybridized carbons (Fsp3) is 0.435.